The highest BCUT2D eigenvalue weighted by Gasteiger charge is 2.40. The Bertz CT molecular complexity index is 786. The van der Waals surface area contributed by atoms with Crippen LogP contribution in [0.1, 0.15) is 5.69 Å². The zero-order valence-corrected chi connectivity index (χ0v) is 12.5. The fraction of sp³-hybridized carbons (Fsp3) is 0.286. The minimum atomic E-state index is -0.575. The third-order valence-corrected chi connectivity index (χ3v) is 3.75. The number of nitro groups is 1. The standard InChI is InChI=1S/C14H14FN5O3/c1-8-12(20(22)23)13(18(2)17-8)16-11-7-19(14(11)21)10-5-3-9(15)4-6-10/h3-6,11,16H,7H2,1-2H3/t11-/m1/s1. The first kappa shape index (κ1) is 14.9. The van der Waals surface area contributed by atoms with Gasteiger partial charge in [0.15, 0.2) is 0 Å². The second kappa shape index (κ2) is 5.34. The van der Waals surface area contributed by atoms with Gasteiger partial charge in [-0.05, 0) is 31.2 Å². The molecular formula is C14H14FN5O3. The maximum Gasteiger partial charge on any atom is 0.333 e. The van der Waals surface area contributed by atoms with Crippen molar-refractivity contribution in [3.8, 4) is 0 Å². The number of β-lactam (4-membered cyclic amide) rings is 1. The van der Waals surface area contributed by atoms with E-state index in [2.05, 4.69) is 10.4 Å². The van der Waals surface area contributed by atoms with Crippen molar-refractivity contribution in [3.05, 3.63) is 45.9 Å². The van der Waals surface area contributed by atoms with E-state index in [-0.39, 0.29) is 28.9 Å². The van der Waals surface area contributed by atoms with Crippen LogP contribution in [-0.4, -0.2) is 33.2 Å². The van der Waals surface area contributed by atoms with Gasteiger partial charge in [0.25, 0.3) is 5.91 Å². The molecule has 0 spiro atoms. The highest BCUT2D eigenvalue weighted by Crippen LogP contribution is 2.30. The minimum Gasteiger partial charge on any atom is -0.351 e. The Balaban J connectivity index is 1.76. The maximum atomic E-state index is 12.9. The van der Waals surface area contributed by atoms with Gasteiger partial charge < -0.3 is 10.2 Å². The molecule has 1 fully saturated rings. The number of carbonyl (C=O) groups is 1. The predicted molar refractivity (Wildman–Crippen MR) is 80.8 cm³/mol. The molecule has 1 N–H and O–H groups in total. The van der Waals surface area contributed by atoms with Crippen LogP contribution in [-0.2, 0) is 11.8 Å². The van der Waals surface area contributed by atoms with Crippen molar-refractivity contribution in [2.45, 2.75) is 13.0 Å². The molecule has 8 nitrogen and oxygen atoms in total. The lowest BCUT2D eigenvalue weighted by Crippen LogP contribution is -2.60. The lowest BCUT2D eigenvalue weighted by atomic mass is 10.1. The molecule has 1 amide bonds. The molecule has 0 aliphatic carbocycles. The first-order valence-electron chi connectivity index (χ1n) is 6.90. The van der Waals surface area contributed by atoms with Crippen molar-refractivity contribution in [2.75, 3.05) is 16.8 Å². The van der Waals surface area contributed by atoms with E-state index in [9.17, 15) is 19.3 Å². The molecule has 3 rings (SSSR count). The van der Waals surface area contributed by atoms with Gasteiger partial charge in [-0.3, -0.25) is 14.9 Å². The van der Waals surface area contributed by atoms with E-state index in [0.717, 1.165) is 0 Å². The molecule has 0 saturated carbocycles. The molecule has 0 bridgehead atoms. The average molecular weight is 319 g/mol. The van der Waals surface area contributed by atoms with E-state index in [4.69, 9.17) is 0 Å². The molecule has 2 heterocycles. The van der Waals surface area contributed by atoms with E-state index in [1.807, 2.05) is 0 Å². The molecule has 23 heavy (non-hydrogen) atoms. The number of aromatic nitrogens is 2. The highest BCUT2D eigenvalue weighted by molar-refractivity contribution is 6.05. The molecule has 1 aromatic heterocycles. The number of nitrogens with zero attached hydrogens (tertiary/aromatic N) is 4. The van der Waals surface area contributed by atoms with Gasteiger partial charge in [0.2, 0.25) is 5.82 Å². The summed E-state index contributed by atoms with van der Waals surface area (Å²) in [6, 6.07) is 5.01. The number of hydrogen-bond donors (Lipinski definition) is 1. The summed E-state index contributed by atoms with van der Waals surface area (Å²) in [7, 11) is 1.57. The Morgan fingerprint density at radius 2 is 2.04 bits per heavy atom. The lowest BCUT2D eigenvalue weighted by Gasteiger charge is -2.38. The number of rotatable bonds is 4. The predicted octanol–water partition coefficient (Wildman–Crippen LogP) is 1.60. The Kier molecular flexibility index (Phi) is 3.47. The van der Waals surface area contributed by atoms with E-state index in [1.54, 1.807) is 7.05 Å². The molecule has 1 saturated heterocycles. The van der Waals surface area contributed by atoms with Crippen molar-refractivity contribution < 1.29 is 14.1 Å². The Morgan fingerprint density at radius 3 is 2.61 bits per heavy atom. The molecular weight excluding hydrogens is 305 g/mol. The van der Waals surface area contributed by atoms with Crippen LogP contribution in [0.3, 0.4) is 0 Å². The summed E-state index contributed by atoms with van der Waals surface area (Å²) in [5.41, 5.74) is 0.729. The number of halogens is 1. The van der Waals surface area contributed by atoms with Crippen LogP contribution in [0.2, 0.25) is 0 Å². The molecule has 1 aliphatic heterocycles. The fourth-order valence-corrected chi connectivity index (χ4v) is 2.58. The van der Waals surface area contributed by atoms with Crippen molar-refractivity contribution in [1.82, 2.24) is 9.78 Å². The number of hydrogen-bond acceptors (Lipinski definition) is 5. The van der Waals surface area contributed by atoms with Crippen LogP contribution in [0.25, 0.3) is 0 Å². The maximum absolute atomic E-state index is 12.9. The summed E-state index contributed by atoms with van der Waals surface area (Å²) in [5, 5.41) is 18.0. The molecule has 9 heteroatoms. The van der Waals surface area contributed by atoms with Crippen molar-refractivity contribution in [1.29, 1.82) is 0 Å². The zero-order chi connectivity index (χ0) is 16.7. The number of nitrogens with one attached hydrogen (secondary N) is 1. The zero-order valence-electron chi connectivity index (χ0n) is 12.5. The van der Waals surface area contributed by atoms with Gasteiger partial charge in [0, 0.05) is 12.7 Å². The summed E-state index contributed by atoms with van der Waals surface area (Å²) in [4.78, 5) is 24.3. The molecule has 1 atom stereocenters. The van der Waals surface area contributed by atoms with Crippen molar-refractivity contribution in [2.24, 2.45) is 7.05 Å². The number of carbonyl (C=O) groups excluding carboxylic acids is 1. The Labute approximate surface area is 130 Å². The highest BCUT2D eigenvalue weighted by atomic mass is 19.1. The number of aryl methyl sites for hydroxylation is 2. The van der Waals surface area contributed by atoms with Gasteiger partial charge >= 0.3 is 5.69 Å². The van der Waals surface area contributed by atoms with Crippen LogP contribution in [0.4, 0.5) is 21.6 Å². The number of anilines is 2. The summed E-state index contributed by atoms with van der Waals surface area (Å²) >= 11 is 0. The molecule has 120 valence electrons. The van der Waals surface area contributed by atoms with Gasteiger partial charge in [0.05, 0.1) is 11.5 Å². The first-order chi connectivity index (χ1) is 10.9. The van der Waals surface area contributed by atoms with Crippen LogP contribution in [0.15, 0.2) is 24.3 Å². The SMILES string of the molecule is Cc1nn(C)c(N[C@@H]2CN(c3ccc(F)cc3)C2=O)c1[N+](=O)[O-]. The fourth-order valence-electron chi connectivity index (χ4n) is 2.58. The molecule has 0 radical (unpaired) electrons. The van der Waals surface area contributed by atoms with Gasteiger partial charge in [-0.1, -0.05) is 0 Å². The monoisotopic (exact) mass is 319 g/mol. The summed E-state index contributed by atoms with van der Waals surface area (Å²) < 4.78 is 14.3. The van der Waals surface area contributed by atoms with Gasteiger partial charge in [-0.25, -0.2) is 9.07 Å². The molecule has 0 unspecified atom stereocenters. The Morgan fingerprint density at radius 1 is 1.39 bits per heavy atom. The van der Waals surface area contributed by atoms with Gasteiger partial charge in [-0.15, -0.1) is 0 Å². The first-order valence-corrected chi connectivity index (χ1v) is 6.90. The van der Waals surface area contributed by atoms with Crippen LogP contribution in [0.5, 0.6) is 0 Å². The molecule has 1 aromatic carbocycles. The van der Waals surface area contributed by atoms with E-state index < -0.39 is 11.0 Å². The van der Waals surface area contributed by atoms with E-state index in [0.29, 0.717) is 12.2 Å². The van der Waals surface area contributed by atoms with Gasteiger partial charge in [0.1, 0.15) is 17.6 Å². The van der Waals surface area contributed by atoms with E-state index >= 15 is 0 Å². The minimum absolute atomic E-state index is 0.138. The summed E-state index contributed by atoms with van der Waals surface area (Å²) in [5.74, 6) is -0.410. The number of benzene rings is 1. The normalized spacial score (nSPS) is 17.1. The lowest BCUT2D eigenvalue weighted by molar-refractivity contribution is -0.384. The quantitative estimate of drug-likeness (QED) is 0.525. The topological polar surface area (TPSA) is 93.3 Å². The summed E-state index contributed by atoms with van der Waals surface area (Å²) in [6.45, 7) is 1.88. The second-order valence-corrected chi connectivity index (χ2v) is 5.29. The summed E-state index contributed by atoms with van der Waals surface area (Å²) in [6.07, 6.45) is 0. The van der Waals surface area contributed by atoms with Crippen molar-refractivity contribution in [3.63, 3.8) is 0 Å². The largest absolute Gasteiger partial charge is 0.351 e. The van der Waals surface area contributed by atoms with Gasteiger partial charge in [-0.2, -0.15) is 5.10 Å². The van der Waals surface area contributed by atoms with Crippen LogP contribution < -0.4 is 10.2 Å². The van der Waals surface area contributed by atoms with Crippen LogP contribution in [0, 0.1) is 22.9 Å². The molecule has 1 aliphatic rings. The van der Waals surface area contributed by atoms with Crippen LogP contribution >= 0.6 is 0 Å². The smallest absolute Gasteiger partial charge is 0.333 e. The molecule has 2 aromatic rings. The third kappa shape index (κ3) is 2.50. The second-order valence-electron chi connectivity index (χ2n) is 5.29. The van der Waals surface area contributed by atoms with E-state index in [1.165, 1.54) is 40.8 Å². The Hall–Kier alpha value is -2.97. The average Bonchev–Trinajstić information content (AvgIpc) is 2.78. The third-order valence-electron chi connectivity index (χ3n) is 3.75. The van der Waals surface area contributed by atoms with Crippen molar-refractivity contribution >= 4 is 23.1 Å². The number of amides is 1.